The average Bonchev–Trinajstić information content (AvgIpc) is 3.24. The largest absolute Gasteiger partial charge is 0.380 e. The van der Waals surface area contributed by atoms with Crippen LogP contribution >= 0.6 is 11.6 Å². The first-order valence-corrected chi connectivity index (χ1v) is 12.5. The summed E-state index contributed by atoms with van der Waals surface area (Å²) < 4.78 is 22.4. The number of nitrogens with one attached hydrogen (secondary N) is 1. The van der Waals surface area contributed by atoms with Crippen molar-refractivity contribution in [2.75, 3.05) is 39.4 Å². The van der Waals surface area contributed by atoms with Crippen LogP contribution in [0.4, 0.5) is 4.39 Å². The number of aromatic nitrogens is 1. The fourth-order valence-electron chi connectivity index (χ4n) is 4.62. The Hall–Kier alpha value is -2.36. The number of fused-ring (bicyclic) bond motifs is 1. The Balaban J connectivity index is 1.22. The highest BCUT2D eigenvalue weighted by molar-refractivity contribution is 6.30. The molecule has 0 spiro atoms. The number of piperidine rings is 1. The van der Waals surface area contributed by atoms with Crippen molar-refractivity contribution in [1.29, 1.82) is 0 Å². The lowest BCUT2D eigenvalue weighted by Crippen LogP contribution is -2.35. The minimum absolute atomic E-state index is 0.217. The van der Waals surface area contributed by atoms with E-state index in [9.17, 15) is 4.39 Å². The van der Waals surface area contributed by atoms with E-state index in [-0.39, 0.29) is 5.82 Å². The molecule has 1 aliphatic heterocycles. The van der Waals surface area contributed by atoms with E-state index in [0.717, 1.165) is 61.2 Å². The van der Waals surface area contributed by atoms with Crippen LogP contribution in [-0.2, 0) is 17.8 Å². The lowest BCUT2D eigenvalue weighted by atomic mass is 9.98. The van der Waals surface area contributed by atoms with Crippen molar-refractivity contribution >= 4 is 22.5 Å². The zero-order valence-electron chi connectivity index (χ0n) is 19.6. The van der Waals surface area contributed by atoms with E-state index in [1.807, 2.05) is 30.5 Å². The second kappa shape index (κ2) is 12.4. The van der Waals surface area contributed by atoms with Crippen molar-refractivity contribution < 1.29 is 9.13 Å². The first kappa shape index (κ1) is 24.8. The summed E-state index contributed by atoms with van der Waals surface area (Å²) in [5, 5.41) is 5.20. The highest BCUT2D eigenvalue weighted by Gasteiger charge is 2.18. The molecule has 2 heterocycles. The zero-order valence-corrected chi connectivity index (χ0v) is 20.4. The van der Waals surface area contributed by atoms with Crippen LogP contribution in [0, 0.1) is 24.1 Å². The number of hydrogen-bond acceptors (Lipinski definition) is 3. The van der Waals surface area contributed by atoms with E-state index in [2.05, 4.69) is 26.8 Å². The molecule has 1 N–H and O–H groups in total. The van der Waals surface area contributed by atoms with E-state index < -0.39 is 0 Å². The maximum atomic E-state index is 14.4. The van der Waals surface area contributed by atoms with Crippen LogP contribution < -0.4 is 5.32 Å². The van der Waals surface area contributed by atoms with Gasteiger partial charge in [-0.15, -0.1) is 12.3 Å². The van der Waals surface area contributed by atoms with Crippen molar-refractivity contribution in [3.63, 3.8) is 0 Å². The van der Waals surface area contributed by atoms with Gasteiger partial charge in [0.1, 0.15) is 5.82 Å². The van der Waals surface area contributed by atoms with Gasteiger partial charge < -0.3 is 19.5 Å². The van der Waals surface area contributed by atoms with Crippen LogP contribution in [0.25, 0.3) is 10.9 Å². The van der Waals surface area contributed by atoms with Crippen molar-refractivity contribution in [2.24, 2.45) is 5.92 Å². The second-order valence-corrected chi connectivity index (χ2v) is 9.50. The lowest BCUT2D eigenvalue weighted by Gasteiger charge is -2.31. The number of hydrogen-bond donors (Lipinski definition) is 1. The van der Waals surface area contributed by atoms with Gasteiger partial charge >= 0.3 is 0 Å². The Morgan fingerprint density at radius 3 is 2.71 bits per heavy atom. The topological polar surface area (TPSA) is 29.4 Å². The van der Waals surface area contributed by atoms with Gasteiger partial charge in [0, 0.05) is 55.8 Å². The maximum absolute atomic E-state index is 14.4. The fraction of sp³-hybridized carbons (Fsp3) is 0.429. The second-order valence-electron chi connectivity index (χ2n) is 9.06. The minimum Gasteiger partial charge on any atom is -0.380 e. The van der Waals surface area contributed by atoms with E-state index >= 15 is 0 Å². The molecule has 0 radical (unpaired) electrons. The molecule has 1 aliphatic rings. The summed E-state index contributed by atoms with van der Waals surface area (Å²) in [4.78, 5) is 2.44. The number of nitrogens with zero attached hydrogens (tertiary/aromatic N) is 2. The third-order valence-corrected chi connectivity index (χ3v) is 6.83. The fourth-order valence-corrected chi connectivity index (χ4v) is 4.75. The zero-order chi connectivity index (χ0) is 23.8. The molecule has 1 saturated heterocycles. The van der Waals surface area contributed by atoms with Crippen LogP contribution in [-0.4, -0.2) is 48.9 Å². The number of halogens is 2. The standard InChI is InChI=1S/C28H33ClFN3O/c1-2-3-12-32-13-8-23(9-14-32)21-34-16-11-31-19-24-17-26(30)18-28-27(24)10-15-33(28)20-22-4-6-25(29)7-5-22/h1,4-7,10,15,17-18,23,31H,3,8-9,11-14,16,19-21H2. The predicted octanol–water partition coefficient (Wildman–Crippen LogP) is 5.32. The van der Waals surface area contributed by atoms with Crippen molar-refractivity contribution in [3.8, 4) is 12.3 Å². The van der Waals surface area contributed by atoms with E-state index in [0.29, 0.717) is 30.6 Å². The van der Waals surface area contributed by atoms with Gasteiger partial charge in [0.25, 0.3) is 0 Å². The Bertz CT molecular complexity index is 1100. The Labute approximate surface area is 207 Å². The molecule has 3 aromatic rings. The molecule has 1 fully saturated rings. The van der Waals surface area contributed by atoms with Gasteiger partial charge in [-0.2, -0.15) is 0 Å². The Morgan fingerprint density at radius 2 is 1.94 bits per heavy atom. The number of likely N-dealkylation sites (tertiary alicyclic amines) is 1. The summed E-state index contributed by atoms with van der Waals surface area (Å²) in [6, 6.07) is 13.0. The molecular formula is C28H33ClFN3O. The first-order chi connectivity index (χ1) is 16.6. The molecule has 0 aliphatic carbocycles. The summed E-state index contributed by atoms with van der Waals surface area (Å²) in [6.07, 6.45) is 10.6. The number of ether oxygens (including phenoxy) is 1. The van der Waals surface area contributed by atoms with Crippen molar-refractivity contribution in [1.82, 2.24) is 14.8 Å². The molecule has 0 saturated carbocycles. The smallest absolute Gasteiger partial charge is 0.125 e. The van der Waals surface area contributed by atoms with E-state index in [1.54, 1.807) is 12.1 Å². The third kappa shape index (κ3) is 6.84. The van der Waals surface area contributed by atoms with Crippen LogP contribution in [0.2, 0.25) is 5.02 Å². The number of terminal acetylenes is 1. The molecule has 34 heavy (non-hydrogen) atoms. The molecule has 4 rings (SSSR count). The summed E-state index contributed by atoms with van der Waals surface area (Å²) in [7, 11) is 0. The molecule has 0 unspecified atom stereocenters. The quantitative estimate of drug-likeness (QED) is 0.297. The highest BCUT2D eigenvalue weighted by Crippen LogP contribution is 2.24. The van der Waals surface area contributed by atoms with Crippen molar-refractivity contribution in [2.45, 2.75) is 32.4 Å². The molecule has 0 amide bonds. The Morgan fingerprint density at radius 1 is 1.15 bits per heavy atom. The van der Waals surface area contributed by atoms with Gasteiger partial charge in [0.05, 0.1) is 12.1 Å². The van der Waals surface area contributed by atoms with Gasteiger partial charge in [0.2, 0.25) is 0 Å². The monoisotopic (exact) mass is 481 g/mol. The van der Waals surface area contributed by atoms with Gasteiger partial charge in [-0.1, -0.05) is 23.7 Å². The average molecular weight is 482 g/mol. The number of benzene rings is 2. The molecule has 0 atom stereocenters. The van der Waals surface area contributed by atoms with E-state index in [4.69, 9.17) is 22.8 Å². The van der Waals surface area contributed by atoms with Gasteiger partial charge in [-0.05, 0) is 73.3 Å². The Kier molecular flexibility index (Phi) is 9.01. The molecule has 1 aromatic heterocycles. The third-order valence-electron chi connectivity index (χ3n) is 6.58. The van der Waals surface area contributed by atoms with Gasteiger partial charge in [0.15, 0.2) is 0 Å². The molecular weight excluding hydrogens is 449 g/mol. The normalized spacial score (nSPS) is 15.1. The first-order valence-electron chi connectivity index (χ1n) is 12.1. The van der Waals surface area contributed by atoms with E-state index in [1.165, 1.54) is 12.8 Å². The summed E-state index contributed by atoms with van der Waals surface area (Å²) in [5.74, 6) is 3.13. The van der Waals surface area contributed by atoms with Crippen LogP contribution in [0.3, 0.4) is 0 Å². The van der Waals surface area contributed by atoms with Gasteiger partial charge in [-0.3, -0.25) is 0 Å². The number of rotatable bonds is 11. The molecule has 180 valence electrons. The maximum Gasteiger partial charge on any atom is 0.125 e. The predicted molar refractivity (Wildman–Crippen MR) is 138 cm³/mol. The molecule has 0 bridgehead atoms. The lowest BCUT2D eigenvalue weighted by molar-refractivity contribution is 0.0688. The van der Waals surface area contributed by atoms with Crippen LogP contribution in [0.5, 0.6) is 0 Å². The summed E-state index contributed by atoms with van der Waals surface area (Å²) in [5.41, 5.74) is 2.99. The molecule has 2 aromatic carbocycles. The SMILES string of the molecule is C#CCCN1CCC(COCCNCc2cc(F)cc3c2ccn3Cc2ccc(Cl)cc2)CC1. The minimum atomic E-state index is -0.217. The van der Waals surface area contributed by atoms with Crippen molar-refractivity contribution in [3.05, 3.63) is 70.6 Å². The summed E-state index contributed by atoms with van der Waals surface area (Å²) in [6.45, 7) is 6.72. The molecule has 4 nitrogen and oxygen atoms in total. The summed E-state index contributed by atoms with van der Waals surface area (Å²) >= 11 is 5.99. The highest BCUT2D eigenvalue weighted by atomic mass is 35.5. The van der Waals surface area contributed by atoms with Crippen LogP contribution in [0.1, 0.15) is 30.4 Å². The van der Waals surface area contributed by atoms with Crippen LogP contribution in [0.15, 0.2) is 48.7 Å². The molecule has 6 heteroatoms. The van der Waals surface area contributed by atoms with Gasteiger partial charge in [-0.25, -0.2) is 4.39 Å².